The van der Waals surface area contributed by atoms with E-state index in [4.69, 9.17) is 11.6 Å². The molecule has 2 rings (SSSR count). The van der Waals surface area contributed by atoms with Crippen molar-refractivity contribution in [1.82, 2.24) is 10.6 Å². The third-order valence-electron chi connectivity index (χ3n) is 3.68. The minimum Gasteiger partial charge on any atom is -0.349 e. The highest BCUT2D eigenvalue weighted by atomic mass is 35.5. The van der Waals surface area contributed by atoms with Crippen molar-refractivity contribution in [3.63, 3.8) is 0 Å². The lowest BCUT2D eigenvalue weighted by molar-refractivity contribution is -0.118. The van der Waals surface area contributed by atoms with Gasteiger partial charge in [-0.1, -0.05) is 25.4 Å². The van der Waals surface area contributed by atoms with Crippen molar-refractivity contribution >= 4 is 41.5 Å². The zero-order valence-corrected chi connectivity index (χ0v) is 14.9. The summed E-state index contributed by atoms with van der Waals surface area (Å²) in [7, 11) is 0. The standard InChI is InChI=1S/C16H22ClN3O2.ClH/c1-10(2)15(21)20-12-3-4-14(17)13(9-12)16(22)19-11-5-7-18-8-6-11;/h3-4,9-11,18H,5-8H2,1-2H3,(H,19,22)(H,20,21);1H. The maximum Gasteiger partial charge on any atom is 0.253 e. The molecule has 0 radical (unpaired) electrons. The summed E-state index contributed by atoms with van der Waals surface area (Å²) in [6.07, 6.45) is 1.82. The molecule has 0 aromatic heterocycles. The van der Waals surface area contributed by atoms with Crippen LogP contribution in [0.25, 0.3) is 0 Å². The van der Waals surface area contributed by atoms with E-state index in [1.54, 1.807) is 18.2 Å². The van der Waals surface area contributed by atoms with E-state index in [1.807, 2.05) is 13.8 Å². The third-order valence-corrected chi connectivity index (χ3v) is 4.01. The number of carbonyl (C=O) groups excluding carboxylic acids is 2. The van der Waals surface area contributed by atoms with Crippen LogP contribution in [0, 0.1) is 5.92 Å². The lowest BCUT2D eigenvalue weighted by atomic mass is 10.1. The van der Waals surface area contributed by atoms with Crippen LogP contribution in [-0.4, -0.2) is 30.9 Å². The van der Waals surface area contributed by atoms with Gasteiger partial charge in [-0.05, 0) is 44.1 Å². The summed E-state index contributed by atoms with van der Waals surface area (Å²) >= 11 is 6.12. The maximum absolute atomic E-state index is 12.4. The van der Waals surface area contributed by atoms with Gasteiger partial charge in [0, 0.05) is 17.6 Å². The van der Waals surface area contributed by atoms with E-state index in [1.165, 1.54) is 0 Å². The molecule has 1 saturated heterocycles. The molecule has 128 valence electrons. The van der Waals surface area contributed by atoms with Gasteiger partial charge in [0.2, 0.25) is 5.91 Å². The van der Waals surface area contributed by atoms with Gasteiger partial charge in [0.1, 0.15) is 0 Å². The number of amides is 2. The predicted octanol–water partition coefficient (Wildman–Crippen LogP) is 2.84. The van der Waals surface area contributed by atoms with Gasteiger partial charge in [0.15, 0.2) is 0 Å². The van der Waals surface area contributed by atoms with Gasteiger partial charge in [0.25, 0.3) is 5.91 Å². The van der Waals surface area contributed by atoms with E-state index >= 15 is 0 Å². The van der Waals surface area contributed by atoms with Crippen LogP contribution in [0.2, 0.25) is 5.02 Å². The molecule has 0 unspecified atom stereocenters. The van der Waals surface area contributed by atoms with Crippen molar-refractivity contribution in [2.24, 2.45) is 5.92 Å². The number of benzene rings is 1. The fraction of sp³-hybridized carbons (Fsp3) is 0.500. The number of hydrogen-bond donors (Lipinski definition) is 3. The van der Waals surface area contributed by atoms with Gasteiger partial charge < -0.3 is 16.0 Å². The lowest BCUT2D eigenvalue weighted by Gasteiger charge is -2.24. The Balaban J connectivity index is 0.00000264. The monoisotopic (exact) mass is 359 g/mol. The summed E-state index contributed by atoms with van der Waals surface area (Å²) in [6, 6.07) is 5.12. The number of nitrogens with one attached hydrogen (secondary N) is 3. The molecule has 0 saturated carbocycles. The van der Waals surface area contributed by atoms with E-state index in [0.29, 0.717) is 16.3 Å². The highest BCUT2D eigenvalue weighted by Crippen LogP contribution is 2.21. The van der Waals surface area contributed by atoms with Crippen LogP contribution < -0.4 is 16.0 Å². The molecule has 23 heavy (non-hydrogen) atoms. The molecule has 1 aromatic rings. The second-order valence-corrected chi connectivity index (χ2v) is 6.24. The Morgan fingerprint density at radius 1 is 1.26 bits per heavy atom. The molecule has 3 N–H and O–H groups in total. The molecule has 0 aliphatic carbocycles. The first-order valence-corrected chi connectivity index (χ1v) is 7.97. The molecule has 5 nitrogen and oxygen atoms in total. The average Bonchev–Trinajstić information content (AvgIpc) is 2.50. The summed E-state index contributed by atoms with van der Waals surface area (Å²) in [4.78, 5) is 24.1. The van der Waals surface area contributed by atoms with Crippen LogP contribution >= 0.6 is 24.0 Å². The number of piperidine rings is 1. The average molecular weight is 360 g/mol. The molecular formula is C16H23Cl2N3O2. The molecule has 1 aliphatic heterocycles. The predicted molar refractivity (Wildman–Crippen MR) is 95.5 cm³/mol. The van der Waals surface area contributed by atoms with E-state index in [9.17, 15) is 9.59 Å². The Kier molecular flexibility index (Phi) is 7.82. The first-order chi connectivity index (χ1) is 10.5. The minimum absolute atomic E-state index is 0. The molecule has 2 amide bonds. The number of halogens is 2. The van der Waals surface area contributed by atoms with E-state index in [0.717, 1.165) is 25.9 Å². The van der Waals surface area contributed by atoms with Crippen LogP contribution in [0.5, 0.6) is 0 Å². The zero-order chi connectivity index (χ0) is 16.1. The second-order valence-electron chi connectivity index (χ2n) is 5.84. The number of rotatable bonds is 4. The first-order valence-electron chi connectivity index (χ1n) is 7.59. The Morgan fingerprint density at radius 2 is 1.91 bits per heavy atom. The number of anilines is 1. The van der Waals surface area contributed by atoms with Crippen molar-refractivity contribution < 1.29 is 9.59 Å². The molecular weight excluding hydrogens is 337 g/mol. The maximum atomic E-state index is 12.4. The Bertz CT molecular complexity index is 558. The largest absolute Gasteiger partial charge is 0.349 e. The fourth-order valence-corrected chi connectivity index (χ4v) is 2.50. The number of hydrogen-bond acceptors (Lipinski definition) is 3. The Hall–Kier alpha value is -1.30. The van der Waals surface area contributed by atoms with Crippen molar-refractivity contribution in [1.29, 1.82) is 0 Å². The van der Waals surface area contributed by atoms with E-state index < -0.39 is 0 Å². The minimum atomic E-state index is -0.197. The van der Waals surface area contributed by atoms with Gasteiger partial charge >= 0.3 is 0 Å². The van der Waals surface area contributed by atoms with Gasteiger partial charge in [-0.3, -0.25) is 9.59 Å². The number of carbonyl (C=O) groups is 2. The second kappa shape index (κ2) is 9.11. The summed E-state index contributed by atoms with van der Waals surface area (Å²) in [5.41, 5.74) is 0.973. The van der Waals surface area contributed by atoms with Crippen molar-refractivity contribution in [2.75, 3.05) is 18.4 Å². The zero-order valence-electron chi connectivity index (χ0n) is 13.3. The van der Waals surface area contributed by atoms with E-state index in [-0.39, 0.29) is 36.2 Å². The van der Waals surface area contributed by atoms with Gasteiger partial charge in [-0.2, -0.15) is 0 Å². The molecule has 1 heterocycles. The van der Waals surface area contributed by atoms with Gasteiger partial charge in [-0.25, -0.2) is 0 Å². The normalized spacial score (nSPS) is 15.0. The van der Waals surface area contributed by atoms with Gasteiger partial charge in [-0.15, -0.1) is 12.4 Å². The third kappa shape index (κ3) is 5.68. The molecule has 0 bridgehead atoms. The highest BCUT2D eigenvalue weighted by molar-refractivity contribution is 6.34. The van der Waals surface area contributed by atoms with Gasteiger partial charge in [0.05, 0.1) is 10.6 Å². The molecule has 1 fully saturated rings. The topological polar surface area (TPSA) is 70.2 Å². The molecule has 1 aliphatic rings. The van der Waals surface area contributed by atoms with Crippen LogP contribution in [0.15, 0.2) is 18.2 Å². The van der Waals surface area contributed by atoms with Crippen LogP contribution in [-0.2, 0) is 4.79 Å². The van der Waals surface area contributed by atoms with E-state index in [2.05, 4.69) is 16.0 Å². The smallest absolute Gasteiger partial charge is 0.253 e. The summed E-state index contributed by atoms with van der Waals surface area (Å²) in [5, 5.41) is 9.42. The molecule has 0 atom stereocenters. The first kappa shape index (κ1) is 19.7. The Labute approximate surface area is 148 Å². The Morgan fingerprint density at radius 3 is 2.52 bits per heavy atom. The summed E-state index contributed by atoms with van der Waals surface area (Å²) < 4.78 is 0. The van der Waals surface area contributed by atoms with Crippen molar-refractivity contribution in [3.8, 4) is 0 Å². The quantitative estimate of drug-likeness (QED) is 0.773. The molecule has 0 spiro atoms. The van der Waals surface area contributed by atoms with Crippen molar-refractivity contribution in [2.45, 2.75) is 32.7 Å². The van der Waals surface area contributed by atoms with Crippen LogP contribution in [0.3, 0.4) is 0 Å². The van der Waals surface area contributed by atoms with Crippen LogP contribution in [0.4, 0.5) is 5.69 Å². The fourth-order valence-electron chi connectivity index (χ4n) is 2.29. The highest BCUT2D eigenvalue weighted by Gasteiger charge is 2.19. The SMILES string of the molecule is CC(C)C(=O)Nc1ccc(Cl)c(C(=O)NC2CCNCC2)c1.Cl. The lowest BCUT2D eigenvalue weighted by Crippen LogP contribution is -2.42. The molecule has 1 aromatic carbocycles. The summed E-state index contributed by atoms with van der Waals surface area (Å²) in [5.74, 6) is -0.410. The summed E-state index contributed by atoms with van der Waals surface area (Å²) in [6.45, 7) is 5.44. The molecule has 7 heteroatoms. The van der Waals surface area contributed by atoms with Crippen molar-refractivity contribution in [3.05, 3.63) is 28.8 Å². The van der Waals surface area contributed by atoms with Crippen LogP contribution in [0.1, 0.15) is 37.0 Å².